The first kappa shape index (κ1) is 12.6. The van der Waals surface area contributed by atoms with Crippen molar-refractivity contribution in [3.05, 3.63) is 15.6 Å². The molecule has 0 radical (unpaired) electrons. The maximum absolute atomic E-state index is 8.49. The van der Waals surface area contributed by atoms with Crippen molar-refractivity contribution < 1.29 is 9.84 Å². The number of ether oxygens (including phenoxy) is 1. The van der Waals surface area contributed by atoms with E-state index in [0.717, 1.165) is 23.8 Å². The topological polar surface area (TPSA) is 54.4 Å². The van der Waals surface area contributed by atoms with Gasteiger partial charge in [-0.1, -0.05) is 0 Å². The maximum Gasteiger partial charge on any atom is 0.0900 e. The Balaban J connectivity index is 2.12. The van der Waals surface area contributed by atoms with Gasteiger partial charge >= 0.3 is 0 Å². The fourth-order valence-corrected chi connectivity index (χ4v) is 2.16. The molecule has 0 spiro atoms. The third kappa shape index (κ3) is 4.70. The normalized spacial score (nSPS) is 10.9. The SMILES string of the molecule is Cc1nc(C)c(CNCCOCCO)s1. The maximum atomic E-state index is 8.49. The standard InChI is InChI=1S/C10H18N2O2S/c1-8-10(15-9(2)12-8)7-11-3-5-14-6-4-13/h11,13H,3-7H2,1-2H3. The second kappa shape index (κ2) is 6.90. The van der Waals surface area contributed by atoms with Crippen LogP contribution in [0.5, 0.6) is 0 Å². The van der Waals surface area contributed by atoms with Gasteiger partial charge in [0.25, 0.3) is 0 Å². The molecule has 0 fully saturated rings. The highest BCUT2D eigenvalue weighted by atomic mass is 32.1. The molecule has 15 heavy (non-hydrogen) atoms. The van der Waals surface area contributed by atoms with Crippen molar-refractivity contribution in [3.8, 4) is 0 Å². The van der Waals surface area contributed by atoms with Crippen LogP contribution in [0.15, 0.2) is 0 Å². The van der Waals surface area contributed by atoms with Gasteiger partial charge in [0.15, 0.2) is 0 Å². The Morgan fingerprint density at radius 3 is 2.80 bits per heavy atom. The molecule has 1 heterocycles. The van der Waals surface area contributed by atoms with Crippen LogP contribution in [0.2, 0.25) is 0 Å². The Morgan fingerprint density at radius 2 is 2.20 bits per heavy atom. The third-order valence-electron chi connectivity index (χ3n) is 1.94. The number of nitrogens with one attached hydrogen (secondary N) is 1. The Hall–Kier alpha value is -0.490. The Bertz CT molecular complexity index is 289. The molecule has 0 aliphatic rings. The lowest BCUT2D eigenvalue weighted by molar-refractivity contribution is 0.0938. The molecule has 0 saturated carbocycles. The summed E-state index contributed by atoms with van der Waals surface area (Å²) in [5.41, 5.74) is 1.11. The predicted molar refractivity (Wildman–Crippen MR) is 61.2 cm³/mol. The van der Waals surface area contributed by atoms with Crippen LogP contribution in [-0.2, 0) is 11.3 Å². The van der Waals surface area contributed by atoms with E-state index in [9.17, 15) is 0 Å². The second-order valence-corrected chi connectivity index (χ2v) is 4.54. The van der Waals surface area contributed by atoms with E-state index < -0.39 is 0 Å². The summed E-state index contributed by atoms with van der Waals surface area (Å²) in [5.74, 6) is 0. The smallest absolute Gasteiger partial charge is 0.0900 e. The van der Waals surface area contributed by atoms with Crippen LogP contribution in [0.25, 0.3) is 0 Å². The Morgan fingerprint density at radius 1 is 1.40 bits per heavy atom. The average Bonchev–Trinajstić information content (AvgIpc) is 2.51. The van der Waals surface area contributed by atoms with Gasteiger partial charge in [0.1, 0.15) is 0 Å². The monoisotopic (exact) mass is 230 g/mol. The highest BCUT2D eigenvalue weighted by Crippen LogP contribution is 2.16. The van der Waals surface area contributed by atoms with Crippen molar-refractivity contribution in [1.29, 1.82) is 0 Å². The molecule has 5 heteroatoms. The zero-order valence-electron chi connectivity index (χ0n) is 9.25. The highest BCUT2D eigenvalue weighted by molar-refractivity contribution is 7.11. The molecule has 2 N–H and O–H groups in total. The summed E-state index contributed by atoms with van der Waals surface area (Å²) < 4.78 is 5.13. The molecular formula is C10H18N2O2S. The van der Waals surface area contributed by atoms with Crippen molar-refractivity contribution in [2.45, 2.75) is 20.4 Å². The van der Waals surface area contributed by atoms with Crippen LogP contribution in [0.1, 0.15) is 15.6 Å². The summed E-state index contributed by atoms with van der Waals surface area (Å²) in [5, 5.41) is 12.9. The van der Waals surface area contributed by atoms with Crippen molar-refractivity contribution in [3.63, 3.8) is 0 Å². The summed E-state index contributed by atoms with van der Waals surface area (Å²) in [6, 6.07) is 0. The van der Waals surface area contributed by atoms with E-state index in [-0.39, 0.29) is 6.61 Å². The van der Waals surface area contributed by atoms with Gasteiger partial charge in [0, 0.05) is 18.0 Å². The fourth-order valence-electron chi connectivity index (χ4n) is 1.25. The molecule has 0 bridgehead atoms. The van der Waals surface area contributed by atoms with Gasteiger partial charge in [-0.3, -0.25) is 0 Å². The molecular weight excluding hydrogens is 212 g/mol. The summed E-state index contributed by atoms with van der Waals surface area (Å²) in [6.45, 7) is 6.84. The highest BCUT2D eigenvalue weighted by Gasteiger charge is 2.03. The molecule has 4 nitrogen and oxygen atoms in total. The molecule has 1 rings (SSSR count). The average molecular weight is 230 g/mol. The minimum atomic E-state index is 0.0904. The van der Waals surface area contributed by atoms with Gasteiger partial charge in [-0.15, -0.1) is 11.3 Å². The van der Waals surface area contributed by atoms with Crippen molar-refractivity contribution in [2.24, 2.45) is 0 Å². The number of hydrogen-bond acceptors (Lipinski definition) is 5. The van der Waals surface area contributed by atoms with Crippen molar-refractivity contribution in [2.75, 3.05) is 26.4 Å². The van der Waals surface area contributed by atoms with Crippen LogP contribution in [-0.4, -0.2) is 36.5 Å². The van der Waals surface area contributed by atoms with Crippen LogP contribution in [0, 0.1) is 13.8 Å². The van der Waals surface area contributed by atoms with E-state index in [1.165, 1.54) is 4.88 Å². The number of aryl methyl sites for hydroxylation is 2. The van der Waals surface area contributed by atoms with Crippen molar-refractivity contribution in [1.82, 2.24) is 10.3 Å². The first-order chi connectivity index (χ1) is 7.24. The third-order valence-corrected chi connectivity index (χ3v) is 3.02. The Kier molecular flexibility index (Phi) is 5.78. The van der Waals surface area contributed by atoms with Gasteiger partial charge in [-0.05, 0) is 13.8 Å². The van der Waals surface area contributed by atoms with E-state index in [4.69, 9.17) is 9.84 Å². The number of thiazole rings is 1. The first-order valence-electron chi connectivity index (χ1n) is 5.06. The summed E-state index contributed by atoms with van der Waals surface area (Å²) in [7, 11) is 0. The minimum Gasteiger partial charge on any atom is -0.394 e. The van der Waals surface area contributed by atoms with E-state index >= 15 is 0 Å². The molecule has 0 aliphatic heterocycles. The van der Waals surface area contributed by atoms with Gasteiger partial charge < -0.3 is 15.2 Å². The fraction of sp³-hybridized carbons (Fsp3) is 0.700. The lowest BCUT2D eigenvalue weighted by atomic mass is 10.4. The van der Waals surface area contributed by atoms with Gasteiger partial charge in [-0.2, -0.15) is 0 Å². The van der Waals surface area contributed by atoms with Crippen LogP contribution < -0.4 is 5.32 Å². The Labute approximate surface area is 94.3 Å². The van der Waals surface area contributed by atoms with E-state index in [0.29, 0.717) is 13.2 Å². The molecule has 0 aliphatic carbocycles. The quantitative estimate of drug-likeness (QED) is 0.682. The molecule has 0 atom stereocenters. The lowest BCUT2D eigenvalue weighted by Crippen LogP contribution is -2.19. The van der Waals surface area contributed by atoms with Gasteiger partial charge in [0.2, 0.25) is 0 Å². The molecule has 0 amide bonds. The number of aliphatic hydroxyl groups is 1. The first-order valence-corrected chi connectivity index (χ1v) is 5.88. The molecule has 0 saturated heterocycles. The van der Waals surface area contributed by atoms with E-state index in [1.807, 2.05) is 13.8 Å². The molecule has 0 unspecified atom stereocenters. The summed E-state index contributed by atoms with van der Waals surface area (Å²) in [6.07, 6.45) is 0. The van der Waals surface area contributed by atoms with Crippen LogP contribution >= 0.6 is 11.3 Å². The molecule has 1 aromatic heterocycles. The number of aromatic nitrogens is 1. The van der Waals surface area contributed by atoms with Crippen molar-refractivity contribution >= 4 is 11.3 Å². The van der Waals surface area contributed by atoms with E-state index in [2.05, 4.69) is 10.3 Å². The number of rotatable bonds is 7. The summed E-state index contributed by atoms with van der Waals surface area (Å²) >= 11 is 1.73. The van der Waals surface area contributed by atoms with Gasteiger partial charge in [0.05, 0.1) is 30.5 Å². The predicted octanol–water partition coefficient (Wildman–Crippen LogP) is 0.858. The lowest BCUT2D eigenvalue weighted by Gasteiger charge is -2.04. The summed E-state index contributed by atoms with van der Waals surface area (Å²) in [4.78, 5) is 5.64. The second-order valence-electron chi connectivity index (χ2n) is 3.25. The molecule has 86 valence electrons. The largest absolute Gasteiger partial charge is 0.394 e. The van der Waals surface area contributed by atoms with Gasteiger partial charge in [-0.25, -0.2) is 4.98 Å². The zero-order valence-corrected chi connectivity index (χ0v) is 10.1. The van der Waals surface area contributed by atoms with Crippen LogP contribution in [0.3, 0.4) is 0 Å². The number of hydrogen-bond donors (Lipinski definition) is 2. The van der Waals surface area contributed by atoms with Crippen LogP contribution in [0.4, 0.5) is 0 Å². The number of aliphatic hydroxyl groups excluding tert-OH is 1. The molecule has 0 aromatic carbocycles. The zero-order chi connectivity index (χ0) is 11.1. The van der Waals surface area contributed by atoms with E-state index in [1.54, 1.807) is 11.3 Å². The molecule has 1 aromatic rings. The number of nitrogens with zero attached hydrogens (tertiary/aromatic N) is 1. The minimum absolute atomic E-state index is 0.0904.